The number of carbonyl (C=O) groups is 2. The number of hydrogen-bond acceptors (Lipinski definition) is 2. The van der Waals surface area contributed by atoms with Crippen LogP contribution in [0.15, 0.2) is 24.3 Å². The molecule has 1 saturated carbocycles. The molecule has 1 atom stereocenters. The summed E-state index contributed by atoms with van der Waals surface area (Å²) >= 11 is 0. The third kappa shape index (κ3) is 2.93. The van der Waals surface area contributed by atoms with Gasteiger partial charge in [0.05, 0.1) is 11.5 Å². The summed E-state index contributed by atoms with van der Waals surface area (Å²) in [7, 11) is 0. The van der Waals surface area contributed by atoms with Crippen molar-refractivity contribution in [3.63, 3.8) is 0 Å². The quantitative estimate of drug-likeness (QED) is 0.894. The molecule has 0 aromatic heterocycles. The van der Waals surface area contributed by atoms with Gasteiger partial charge in [-0.2, -0.15) is 0 Å². The molecule has 5 nitrogen and oxygen atoms in total. The Kier molecular flexibility index (Phi) is 3.81. The number of nitrogens with zero attached hydrogens (tertiary/aromatic N) is 1. The molecule has 1 aromatic rings. The van der Waals surface area contributed by atoms with E-state index in [1.807, 2.05) is 0 Å². The smallest absolute Gasteiger partial charge is 0.318 e. The lowest BCUT2D eigenvalue weighted by Gasteiger charge is -2.33. The number of rotatable bonds is 3. The maximum Gasteiger partial charge on any atom is 0.318 e. The van der Waals surface area contributed by atoms with Gasteiger partial charge >= 0.3 is 6.03 Å². The fourth-order valence-corrected chi connectivity index (χ4v) is 3.16. The fraction of sp³-hybridized carbons (Fsp3) is 0.529. The molecule has 2 aliphatic rings. The Bertz CT molecular complexity index is 578. The summed E-state index contributed by atoms with van der Waals surface area (Å²) < 4.78 is 0. The predicted octanol–water partition coefficient (Wildman–Crippen LogP) is 1.89. The molecule has 1 aliphatic heterocycles. The molecule has 1 aromatic carbocycles. The fourth-order valence-electron chi connectivity index (χ4n) is 3.16. The lowest BCUT2D eigenvalue weighted by molar-refractivity contribution is -0.123. The van der Waals surface area contributed by atoms with Crippen molar-refractivity contribution < 1.29 is 9.59 Å². The first-order valence-electron chi connectivity index (χ1n) is 7.94. The molecule has 22 heavy (non-hydrogen) atoms. The number of benzene rings is 1. The van der Waals surface area contributed by atoms with Crippen molar-refractivity contribution >= 4 is 11.9 Å². The molecule has 0 spiro atoms. The number of amides is 3. The number of carbonyl (C=O) groups excluding carboxylic acids is 2. The summed E-state index contributed by atoms with van der Waals surface area (Å²) in [6, 6.07) is 8.25. The summed E-state index contributed by atoms with van der Waals surface area (Å²) in [6.07, 6.45) is 3.55. The van der Waals surface area contributed by atoms with Crippen LogP contribution >= 0.6 is 0 Å². The normalized spacial score (nSPS) is 23.0. The standard InChI is InChI=1S/C17H23N3O2/c1-12-4-6-14(7-5-12)17(8-9-17)19-16(22)20-10-2-3-13(11-20)15(18)21/h4-7,13H,2-3,8-11H2,1H3,(H2,18,21)(H,19,22). The van der Waals surface area contributed by atoms with Crippen LogP contribution in [-0.2, 0) is 10.3 Å². The van der Waals surface area contributed by atoms with Crippen molar-refractivity contribution in [3.05, 3.63) is 35.4 Å². The minimum Gasteiger partial charge on any atom is -0.369 e. The Labute approximate surface area is 130 Å². The summed E-state index contributed by atoms with van der Waals surface area (Å²) in [5.74, 6) is -0.522. The maximum atomic E-state index is 12.5. The van der Waals surface area contributed by atoms with Gasteiger partial charge in [0.25, 0.3) is 0 Å². The summed E-state index contributed by atoms with van der Waals surface area (Å²) in [5, 5.41) is 3.17. The third-order valence-electron chi connectivity index (χ3n) is 4.81. The van der Waals surface area contributed by atoms with Crippen LogP contribution < -0.4 is 11.1 Å². The van der Waals surface area contributed by atoms with E-state index in [1.165, 1.54) is 5.56 Å². The number of primary amides is 1. The Morgan fingerprint density at radius 2 is 1.95 bits per heavy atom. The largest absolute Gasteiger partial charge is 0.369 e. The molecule has 1 heterocycles. The zero-order chi connectivity index (χ0) is 15.7. The van der Waals surface area contributed by atoms with Crippen LogP contribution in [0.1, 0.15) is 36.8 Å². The van der Waals surface area contributed by atoms with Crippen molar-refractivity contribution in [2.75, 3.05) is 13.1 Å². The molecule has 1 unspecified atom stereocenters. The molecule has 3 rings (SSSR count). The second kappa shape index (κ2) is 5.63. The third-order valence-corrected chi connectivity index (χ3v) is 4.81. The van der Waals surface area contributed by atoms with E-state index in [4.69, 9.17) is 5.73 Å². The zero-order valence-corrected chi connectivity index (χ0v) is 13.0. The Balaban J connectivity index is 1.66. The van der Waals surface area contributed by atoms with Crippen molar-refractivity contribution in [2.24, 2.45) is 11.7 Å². The van der Waals surface area contributed by atoms with Crippen LogP contribution in [0.4, 0.5) is 4.79 Å². The Hall–Kier alpha value is -2.04. The monoisotopic (exact) mass is 301 g/mol. The molecule has 0 bridgehead atoms. The van der Waals surface area contributed by atoms with Gasteiger partial charge in [-0.1, -0.05) is 29.8 Å². The molecule has 118 valence electrons. The van der Waals surface area contributed by atoms with Gasteiger partial charge in [-0.05, 0) is 38.2 Å². The highest BCUT2D eigenvalue weighted by molar-refractivity contribution is 5.80. The van der Waals surface area contributed by atoms with Crippen molar-refractivity contribution in [3.8, 4) is 0 Å². The summed E-state index contributed by atoms with van der Waals surface area (Å²) in [5.41, 5.74) is 7.54. The highest BCUT2D eigenvalue weighted by Gasteiger charge is 2.46. The van der Waals surface area contributed by atoms with Crippen LogP contribution in [-0.4, -0.2) is 29.9 Å². The Morgan fingerprint density at radius 1 is 1.27 bits per heavy atom. The molecule has 1 aliphatic carbocycles. The molecule has 2 fully saturated rings. The molecule has 3 N–H and O–H groups in total. The first-order chi connectivity index (χ1) is 10.5. The second-order valence-corrected chi connectivity index (χ2v) is 6.57. The molecule has 1 saturated heterocycles. The van der Waals surface area contributed by atoms with E-state index in [1.54, 1.807) is 4.90 Å². The van der Waals surface area contributed by atoms with Gasteiger partial charge in [0.15, 0.2) is 0 Å². The lowest BCUT2D eigenvalue weighted by atomic mass is 9.97. The van der Waals surface area contributed by atoms with Crippen LogP contribution in [0.5, 0.6) is 0 Å². The first-order valence-corrected chi connectivity index (χ1v) is 7.94. The van der Waals surface area contributed by atoms with Gasteiger partial charge in [-0.3, -0.25) is 4.79 Å². The van der Waals surface area contributed by atoms with E-state index in [-0.39, 0.29) is 23.4 Å². The van der Waals surface area contributed by atoms with E-state index in [9.17, 15) is 9.59 Å². The van der Waals surface area contributed by atoms with Gasteiger partial charge in [0.2, 0.25) is 5.91 Å². The second-order valence-electron chi connectivity index (χ2n) is 6.57. The van der Waals surface area contributed by atoms with Crippen LogP contribution in [0.2, 0.25) is 0 Å². The number of hydrogen-bond donors (Lipinski definition) is 2. The van der Waals surface area contributed by atoms with Crippen LogP contribution in [0.3, 0.4) is 0 Å². The molecule has 0 radical (unpaired) electrons. The minimum atomic E-state index is -0.308. The van der Waals surface area contributed by atoms with Gasteiger partial charge in [0, 0.05) is 13.1 Å². The molecular weight excluding hydrogens is 278 g/mol. The topological polar surface area (TPSA) is 75.4 Å². The number of urea groups is 1. The van der Waals surface area contributed by atoms with Crippen molar-refractivity contribution in [1.82, 2.24) is 10.2 Å². The van der Waals surface area contributed by atoms with Gasteiger partial charge in [-0.15, -0.1) is 0 Å². The van der Waals surface area contributed by atoms with E-state index in [0.717, 1.165) is 31.2 Å². The lowest BCUT2D eigenvalue weighted by Crippen LogP contribution is -2.50. The highest BCUT2D eigenvalue weighted by Crippen LogP contribution is 2.45. The maximum absolute atomic E-state index is 12.5. The van der Waals surface area contributed by atoms with Crippen LogP contribution in [0, 0.1) is 12.8 Å². The number of likely N-dealkylation sites (tertiary alicyclic amines) is 1. The minimum absolute atomic E-state index is 0.0796. The van der Waals surface area contributed by atoms with E-state index >= 15 is 0 Å². The summed E-state index contributed by atoms with van der Waals surface area (Å²) in [4.78, 5) is 25.6. The van der Waals surface area contributed by atoms with Crippen molar-refractivity contribution in [2.45, 2.75) is 38.1 Å². The van der Waals surface area contributed by atoms with Gasteiger partial charge < -0.3 is 16.0 Å². The number of aryl methyl sites for hydroxylation is 1. The van der Waals surface area contributed by atoms with E-state index in [2.05, 4.69) is 36.5 Å². The van der Waals surface area contributed by atoms with Crippen LogP contribution in [0.25, 0.3) is 0 Å². The number of nitrogens with two attached hydrogens (primary N) is 1. The molecule has 3 amide bonds. The number of piperidine rings is 1. The summed E-state index contributed by atoms with van der Waals surface area (Å²) in [6.45, 7) is 3.18. The zero-order valence-electron chi connectivity index (χ0n) is 13.0. The average molecular weight is 301 g/mol. The first kappa shape index (κ1) is 14.9. The Morgan fingerprint density at radius 3 is 2.55 bits per heavy atom. The van der Waals surface area contributed by atoms with Gasteiger partial charge in [-0.25, -0.2) is 4.79 Å². The highest BCUT2D eigenvalue weighted by atomic mass is 16.2. The molecule has 5 heteroatoms. The van der Waals surface area contributed by atoms with Gasteiger partial charge in [0.1, 0.15) is 0 Å². The predicted molar refractivity (Wildman–Crippen MR) is 84.1 cm³/mol. The van der Waals surface area contributed by atoms with Crippen molar-refractivity contribution in [1.29, 1.82) is 0 Å². The average Bonchev–Trinajstić information content (AvgIpc) is 3.28. The molecular formula is C17H23N3O2. The SMILES string of the molecule is Cc1ccc(C2(NC(=O)N3CCCC(C(N)=O)C3)CC2)cc1. The van der Waals surface area contributed by atoms with E-state index in [0.29, 0.717) is 13.1 Å². The van der Waals surface area contributed by atoms with E-state index < -0.39 is 0 Å². The number of nitrogens with one attached hydrogen (secondary N) is 1.